The predicted octanol–water partition coefficient (Wildman–Crippen LogP) is 2.96. The Kier molecular flexibility index (Phi) is 6.08. The summed E-state index contributed by atoms with van der Waals surface area (Å²) in [6.45, 7) is -0.426. The molecular weight excluding hydrogens is 368 g/mol. The molecule has 1 aliphatic carbocycles. The van der Waals surface area contributed by atoms with Crippen LogP contribution in [0.5, 0.6) is 0 Å². The van der Waals surface area contributed by atoms with Crippen molar-refractivity contribution in [3.05, 3.63) is 64.7 Å². The Morgan fingerprint density at radius 3 is 2.44 bits per heavy atom. The number of nitrogens with one attached hydrogen (secondary N) is 2. The van der Waals surface area contributed by atoms with Gasteiger partial charge in [0.1, 0.15) is 0 Å². The number of para-hydroxylation sites is 1. The van der Waals surface area contributed by atoms with Crippen LogP contribution in [-0.4, -0.2) is 30.4 Å². The van der Waals surface area contributed by atoms with Crippen LogP contribution in [0.25, 0.3) is 0 Å². The fourth-order valence-corrected chi connectivity index (χ4v) is 2.56. The zero-order valence-electron chi connectivity index (χ0n) is 14.5. The maximum atomic E-state index is 12.2. The van der Waals surface area contributed by atoms with E-state index in [2.05, 4.69) is 10.6 Å². The molecule has 2 aromatic rings. The number of amides is 2. The maximum absolute atomic E-state index is 12.2. The van der Waals surface area contributed by atoms with Crippen molar-refractivity contribution in [3.8, 4) is 0 Å². The summed E-state index contributed by atoms with van der Waals surface area (Å²) in [6.07, 6.45) is 2.00. The normalized spacial score (nSPS) is 12.9. The van der Waals surface area contributed by atoms with Crippen LogP contribution in [-0.2, 0) is 20.7 Å². The standard InChI is InChI=1S/C20H19ClN2O4/c21-14-7-5-13(6-8-14)11-19(25)27-12-18(24)23-17-4-2-1-3-16(17)20(26)22-15-9-10-15/h1-8,15H,9-12H2,(H,22,26)(H,23,24). The minimum Gasteiger partial charge on any atom is -0.455 e. The highest BCUT2D eigenvalue weighted by Gasteiger charge is 2.25. The Bertz CT molecular complexity index is 847. The number of rotatable bonds is 7. The second-order valence-corrected chi connectivity index (χ2v) is 6.74. The number of halogens is 1. The van der Waals surface area contributed by atoms with Crippen LogP contribution < -0.4 is 10.6 Å². The number of anilines is 1. The molecule has 0 spiro atoms. The number of benzene rings is 2. The van der Waals surface area contributed by atoms with Crippen molar-refractivity contribution in [3.63, 3.8) is 0 Å². The molecule has 7 heteroatoms. The van der Waals surface area contributed by atoms with E-state index in [4.69, 9.17) is 16.3 Å². The third kappa shape index (κ3) is 5.82. The van der Waals surface area contributed by atoms with Gasteiger partial charge in [-0.1, -0.05) is 35.9 Å². The van der Waals surface area contributed by atoms with E-state index >= 15 is 0 Å². The van der Waals surface area contributed by atoms with Gasteiger partial charge in [0.15, 0.2) is 6.61 Å². The molecule has 1 aliphatic rings. The van der Waals surface area contributed by atoms with Gasteiger partial charge in [0.05, 0.1) is 17.7 Å². The predicted molar refractivity (Wildman–Crippen MR) is 102 cm³/mol. The van der Waals surface area contributed by atoms with E-state index in [-0.39, 0.29) is 18.4 Å². The lowest BCUT2D eigenvalue weighted by Gasteiger charge is -2.11. The van der Waals surface area contributed by atoms with Gasteiger partial charge in [-0.3, -0.25) is 14.4 Å². The van der Waals surface area contributed by atoms with E-state index < -0.39 is 18.5 Å². The molecule has 140 valence electrons. The third-order valence-electron chi connectivity index (χ3n) is 3.98. The monoisotopic (exact) mass is 386 g/mol. The lowest BCUT2D eigenvalue weighted by molar-refractivity contribution is -0.146. The highest BCUT2D eigenvalue weighted by Crippen LogP contribution is 2.21. The summed E-state index contributed by atoms with van der Waals surface area (Å²) in [5, 5.41) is 6.08. The number of hydrogen-bond acceptors (Lipinski definition) is 4. The Labute approximate surface area is 161 Å². The van der Waals surface area contributed by atoms with Crippen molar-refractivity contribution < 1.29 is 19.1 Å². The molecule has 6 nitrogen and oxygen atoms in total. The average Bonchev–Trinajstić information content (AvgIpc) is 3.46. The lowest BCUT2D eigenvalue weighted by Crippen LogP contribution is -2.28. The molecule has 2 N–H and O–H groups in total. The molecular formula is C20H19ClN2O4. The topological polar surface area (TPSA) is 84.5 Å². The fraction of sp³-hybridized carbons (Fsp3) is 0.250. The van der Waals surface area contributed by atoms with Crippen LogP contribution >= 0.6 is 11.6 Å². The summed E-state index contributed by atoms with van der Waals surface area (Å²) in [6, 6.07) is 13.7. The quantitative estimate of drug-likeness (QED) is 0.716. The Hall–Kier alpha value is -2.86. The molecule has 0 aromatic heterocycles. The summed E-state index contributed by atoms with van der Waals surface area (Å²) in [5.41, 5.74) is 1.51. The van der Waals surface area contributed by atoms with E-state index in [1.165, 1.54) is 0 Å². The summed E-state index contributed by atoms with van der Waals surface area (Å²) in [4.78, 5) is 36.2. The number of esters is 1. The summed E-state index contributed by atoms with van der Waals surface area (Å²) < 4.78 is 5.00. The van der Waals surface area contributed by atoms with Crippen LogP contribution in [0.15, 0.2) is 48.5 Å². The van der Waals surface area contributed by atoms with Crippen molar-refractivity contribution >= 4 is 35.1 Å². The van der Waals surface area contributed by atoms with Gasteiger partial charge in [-0.05, 0) is 42.7 Å². The maximum Gasteiger partial charge on any atom is 0.310 e. The van der Waals surface area contributed by atoms with Gasteiger partial charge < -0.3 is 15.4 Å². The molecule has 2 amide bonds. The second-order valence-electron chi connectivity index (χ2n) is 6.31. The van der Waals surface area contributed by atoms with Crippen LogP contribution in [0.3, 0.4) is 0 Å². The van der Waals surface area contributed by atoms with E-state index in [9.17, 15) is 14.4 Å². The largest absolute Gasteiger partial charge is 0.455 e. The first-order valence-electron chi connectivity index (χ1n) is 8.61. The van der Waals surface area contributed by atoms with Gasteiger partial charge in [0, 0.05) is 11.1 Å². The minimum atomic E-state index is -0.521. The summed E-state index contributed by atoms with van der Waals surface area (Å²) in [5.74, 6) is -1.26. The Morgan fingerprint density at radius 1 is 1.04 bits per heavy atom. The second kappa shape index (κ2) is 8.68. The van der Waals surface area contributed by atoms with Crippen molar-refractivity contribution in [2.75, 3.05) is 11.9 Å². The lowest BCUT2D eigenvalue weighted by atomic mass is 10.1. The van der Waals surface area contributed by atoms with Gasteiger partial charge in [-0.25, -0.2) is 0 Å². The molecule has 0 bridgehead atoms. The van der Waals surface area contributed by atoms with Gasteiger partial charge in [0.25, 0.3) is 11.8 Å². The average molecular weight is 387 g/mol. The van der Waals surface area contributed by atoms with Crippen molar-refractivity contribution in [1.29, 1.82) is 0 Å². The van der Waals surface area contributed by atoms with Crippen LogP contribution in [0.4, 0.5) is 5.69 Å². The number of carbonyl (C=O) groups excluding carboxylic acids is 3. The van der Waals surface area contributed by atoms with Gasteiger partial charge >= 0.3 is 5.97 Å². The molecule has 0 saturated heterocycles. The zero-order chi connectivity index (χ0) is 19.2. The SMILES string of the molecule is O=C(COC(=O)Cc1ccc(Cl)cc1)Nc1ccccc1C(=O)NC1CC1. The van der Waals surface area contributed by atoms with Crippen LogP contribution in [0.2, 0.25) is 5.02 Å². The fourth-order valence-electron chi connectivity index (χ4n) is 2.43. The molecule has 0 aliphatic heterocycles. The van der Waals surface area contributed by atoms with Crippen LogP contribution in [0, 0.1) is 0 Å². The van der Waals surface area contributed by atoms with Crippen LogP contribution in [0.1, 0.15) is 28.8 Å². The first-order chi connectivity index (χ1) is 13.0. The molecule has 0 unspecified atom stereocenters. The van der Waals surface area contributed by atoms with Gasteiger partial charge in [-0.15, -0.1) is 0 Å². The molecule has 27 heavy (non-hydrogen) atoms. The van der Waals surface area contributed by atoms with Gasteiger partial charge in [-0.2, -0.15) is 0 Å². The van der Waals surface area contributed by atoms with Crippen molar-refractivity contribution in [2.24, 2.45) is 0 Å². The third-order valence-corrected chi connectivity index (χ3v) is 4.24. The zero-order valence-corrected chi connectivity index (χ0v) is 15.3. The first-order valence-corrected chi connectivity index (χ1v) is 8.99. The number of hydrogen-bond donors (Lipinski definition) is 2. The molecule has 0 atom stereocenters. The highest BCUT2D eigenvalue weighted by molar-refractivity contribution is 6.30. The minimum absolute atomic E-state index is 0.0465. The van der Waals surface area contributed by atoms with Crippen molar-refractivity contribution in [2.45, 2.75) is 25.3 Å². The molecule has 0 radical (unpaired) electrons. The summed E-state index contributed by atoms with van der Waals surface area (Å²) >= 11 is 5.80. The van der Waals surface area contributed by atoms with E-state index in [1.54, 1.807) is 48.5 Å². The van der Waals surface area contributed by atoms with E-state index in [0.29, 0.717) is 16.3 Å². The molecule has 0 heterocycles. The smallest absolute Gasteiger partial charge is 0.310 e. The number of ether oxygens (including phenoxy) is 1. The Balaban J connectivity index is 1.51. The molecule has 2 aromatic carbocycles. The number of carbonyl (C=O) groups is 3. The highest BCUT2D eigenvalue weighted by atomic mass is 35.5. The molecule has 3 rings (SSSR count). The first kappa shape index (κ1) is 18.9. The summed E-state index contributed by atoms with van der Waals surface area (Å²) in [7, 11) is 0. The Morgan fingerprint density at radius 2 is 1.74 bits per heavy atom. The van der Waals surface area contributed by atoms with E-state index in [1.807, 2.05) is 0 Å². The molecule has 1 saturated carbocycles. The molecule has 1 fully saturated rings. The van der Waals surface area contributed by atoms with Gasteiger partial charge in [0.2, 0.25) is 0 Å². The van der Waals surface area contributed by atoms with E-state index in [0.717, 1.165) is 18.4 Å². The van der Waals surface area contributed by atoms with Crippen molar-refractivity contribution in [1.82, 2.24) is 5.32 Å².